The predicted molar refractivity (Wildman–Crippen MR) is 64.8 cm³/mol. The van der Waals surface area contributed by atoms with Crippen LogP contribution < -0.4 is 5.32 Å². The first-order valence-corrected chi connectivity index (χ1v) is 5.73. The maximum Gasteiger partial charge on any atom is 0.0935 e. The molecule has 0 amide bonds. The van der Waals surface area contributed by atoms with E-state index in [1.807, 2.05) is 24.4 Å². The fourth-order valence-corrected chi connectivity index (χ4v) is 2.37. The molecule has 4 heteroatoms. The van der Waals surface area contributed by atoms with Crippen molar-refractivity contribution in [2.24, 2.45) is 0 Å². The van der Waals surface area contributed by atoms with Crippen LogP contribution in [-0.2, 0) is 6.42 Å². The number of fused-ring (bicyclic) bond motifs is 1. The summed E-state index contributed by atoms with van der Waals surface area (Å²) in [5.74, 6) is 0. The molecule has 1 saturated heterocycles. The highest BCUT2D eigenvalue weighted by Crippen LogP contribution is 2.26. The zero-order chi connectivity index (χ0) is 11.2. The van der Waals surface area contributed by atoms with E-state index in [4.69, 9.17) is 11.6 Å². The second-order valence-corrected chi connectivity index (χ2v) is 4.94. The third-order valence-corrected chi connectivity index (χ3v) is 3.39. The monoisotopic (exact) mass is 236 g/mol. The van der Waals surface area contributed by atoms with Gasteiger partial charge in [0, 0.05) is 41.6 Å². The lowest BCUT2D eigenvalue weighted by atomic mass is 9.89. The molecule has 0 saturated carbocycles. The SMILES string of the molecule is OC1(Cc2c[nH]c3cc(Cl)ccc23)CNC1. The lowest BCUT2D eigenvalue weighted by Gasteiger charge is -2.37. The van der Waals surface area contributed by atoms with E-state index in [1.54, 1.807) is 0 Å². The summed E-state index contributed by atoms with van der Waals surface area (Å²) < 4.78 is 0. The minimum Gasteiger partial charge on any atom is -0.387 e. The van der Waals surface area contributed by atoms with Crippen molar-refractivity contribution in [3.8, 4) is 0 Å². The highest BCUT2D eigenvalue weighted by atomic mass is 35.5. The van der Waals surface area contributed by atoms with E-state index in [1.165, 1.54) is 0 Å². The average molecular weight is 237 g/mol. The molecule has 0 bridgehead atoms. The molecule has 1 aliphatic heterocycles. The van der Waals surface area contributed by atoms with E-state index in [0.717, 1.165) is 21.5 Å². The molecule has 3 nitrogen and oxygen atoms in total. The third-order valence-electron chi connectivity index (χ3n) is 3.16. The number of β-amino-alcohol motifs (C(OH)–C–C–N with tert-alkyl or cyclic N) is 1. The third kappa shape index (κ3) is 1.61. The highest BCUT2D eigenvalue weighted by Gasteiger charge is 2.34. The molecule has 84 valence electrons. The van der Waals surface area contributed by atoms with Crippen molar-refractivity contribution in [2.45, 2.75) is 12.0 Å². The highest BCUT2D eigenvalue weighted by molar-refractivity contribution is 6.31. The van der Waals surface area contributed by atoms with Crippen molar-refractivity contribution < 1.29 is 5.11 Å². The van der Waals surface area contributed by atoms with Gasteiger partial charge in [-0.15, -0.1) is 0 Å². The summed E-state index contributed by atoms with van der Waals surface area (Å²) in [4.78, 5) is 3.18. The Morgan fingerprint density at radius 1 is 1.38 bits per heavy atom. The van der Waals surface area contributed by atoms with Gasteiger partial charge in [0.2, 0.25) is 0 Å². The normalized spacial score (nSPS) is 18.6. The standard InChI is InChI=1S/C12H13ClN2O/c13-9-1-2-10-8(5-15-11(10)3-9)4-12(16)6-14-7-12/h1-3,5,14-16H,4,6-7H2. The summed E-state index contributed by atoms with van der Waals surface area (Å²) in [5, 5.41) is 15.1. The smallest absolute Gasteiger partial charge is 0.0935 e. The molecular formula is C12H13ClN2O. The maximum absolute atomic E-state index is 10.1. The quantitative estimate of drug-likeness (QED) is 0.743. The molecule has 0 aliphatic carbocycles. The molecule has 2 heterocycles. The van der Waals surface area contributed by atoms with Gasteiger partial charge in [0.05, 0.1) is 5.60 Å². The molecule has 16 heavy (non-hydrogen) atoms. The molecule has 1 aromatic carbocycles. The lowest BCUT2D eigenvalue weighted by molar-refractivity contribution is -0.00875. The van der Waals surface area contributed by atoms with Gasteiger partial charge in [0.1, 0.15) is 0 Å². The molecule has 1 aromatic heterocycles. The Hall–Kier alpha value is -1.03. The van der Waals surface area contributed by atoms with Gasteiger partial charge >= 0.3 is 0 Å². The Morgan fingerprint density at radius 2 is 2.19 bits per heavy atom. The Balaban J connectivity index is 1.98. The van der Waals surface area contributed by atoms with E-state index in [-0.39, 0.29) is 0 Å². The zero-order valence-corrected chi connectivity index (χ0v) is 9.51. The van der Waals surface area contributed by atoms with Gasteiger partial charge in [-0.2, -0.15) is 0 Å². The number of hydrogen-bond donors (Lipinski definition) is 3. The Kier molecular flexibility index (Phi) is 2.21. The minimum absolute atomic E-state index is 0.575. The summed E-state index contributed by atoms with van der Waals surface area (Å²) in [6, 6.07) is 5.78. The Labute approximate surface area is 98.4 Å². The largest absolute Gasteiger partial charge is 0.387 e. The predicted octanol–water partition coefficient (Wildman–Crippen LogP) is 1.70. The number of benzene rings is 1. The molecule has 3 rings (SSSR count). The van der Waals surface area contributed by atoms with Gasteiger partial charge < -0.3 is 15.4 Å². The summed E-state index contributed by atoms with van der Waals surface area (Å²) in [6.45, 7) is 1.35. The number of hydrogen-bond acceptors (Lipinski definition) is 2. The molecule has 1 aliphatic rings. The number of halogens is 1. The van der Waals surface area contributed by atoms with Crippen LogP contribution in [0.15, 0.2) is 24.4 Å². The van der Waals surface area contributed by atoms with E-state index >= 15 is 0 Å². The van der Waals surface area contributed by atoms with Crippen molar-refractivity contribution in [3.05, 3.63) is 35.0 Å². The molecule has 0 radical (unpaired) electrons. The number of nitrogens with one attached hydrogen (secondary N) is 2. The molecule has 2 aromatic rings. The summed E-state index contributed by atoms with van der Waals surface area (Å²) in [6.07, 6.45) is 2.64. The fraction of sp³-hybridized carbons (Fsp3) is 0.333. The average Bonchev–Trinajstić information content (AvgIpc) is 2.58. The summed E-state index contributed by atoms with van der Waals surface area (Å²) in [5.41, 5.74) is 1.60. The minimum atomic E-state index is -0.575. The van der Waals surface area contributed by atoms with E-state index in [0.29, 0.717) is 19.5 Å². The van der Waals surface area contributed by atoms with Crippen molar-refractivity contribution in [2.75, 3.05) is 13.1 Å². The van der Waals surface area contributed by atoms with Crippen LogP contribution in [0, 0.1) is 0 Å². The van der Waals surface area contributed by atoms with Gasteiger partial charge in [0.15, 0.2) is 0 Å². The van der Waals surface area contributed by atoms with Gasteiger partial charge in [0.25, 0.3) is 0 Å². The first-order valence-electron chi connectivity index (χ1n) is 5.35. The Morgan fingerprint density at radius 3 is 2.88 bits per heavy atom. The first-order chi connectivity index (χ1) is 7.66. The van der Waals surface area contributed by atoms with E-state index in [9.17, 15) is 5.11 Å². The first kappa shape index (κ1) is 10.1. The zero-order valence-electron chi connectivity index (χ0n) is 8.76. The number of aliphatic hydroxyl groups is 1. The number of aromatic nitrogens is 1. The van der Waals surface area contributed by atoms with Crippen LogP contribution in [0.3, 0.4) is 0 Å². The van der Waals surface area contributed by atoms with Crippen LogP contribution in [0.2, 0.25) is 5.02 Å². The summed E-state index contributed by atoms with van der Waals surface area (Å²) in [7, 11) is 0. The summed E-state index contributed by atoms with van der Waals surface area (Å²) >= 11 is 5.92. The fourth-order valence-electron chi connectivity index (χ4n) is 2.20. The topological polar surface area (TPSA) is 48.0 Å². The van der Waals surface area contributed by atoms with Crippen molar-refractivity contribution in [1.29, 1.82) is 0 Å². The molecular weight excluding hydrogens is 224 g/mol. The number of aromatic amines is 1. The van der Waals surface area contributed by atoms with Crippen LogP contribution in [0.5, 0.6) is 0 Å². The number of H-pyrrole nitrogens is 1. The van der Waals surface area contributed by atoms with Crippen molar-refractivity contribution >= 4 is 22.5 Å². The molecule has 0 atom stereocenters. The van der Waals surface area contributed by atoms with Crippen molar-refractivity contribution in [3.63, 3.8) is 0 Å². The Bertz CT molecular complexity index is 531. The van der Waals surface area contributed by atoms with Crippen molar-refractivity contribution in [1.82, 2.24) is 10.3 Å². The molecule has 3 N–H and O–H groups in total. The van der Waals surface area contributed by atoms with Gasteiger partial charge in [-0.25, -0.2) is 0 Å². The number of rotatable bonds is 2. The van der Waals surface area contributed by atoms with E-state index in [2.05, 4.69) is 10.3 Å². The second-order valence-electron chi connectivity index (χ2n) is 4.51. The van der Waals surface area contributed by atoms with Crippen LogP contribution in [0.1, 0.15) is 5.56 Å². The second kappa shape index (κ2) is 3.48. The van der Waals surface area contributed by atoms with E-state index < -0.39 is 5.60 Å². The lowest BCUT2D eigenvalue weighted by Crippen LogP contribution is -2.60. The van der Waals surface area contributed by atoms with Crippen LogP contribution in [0.4, 0.5) is 0 Å². The molecule has 1 fully saturated rings. The maximum atomic E-state index is 10.1. The van der Waals surface area contributed by atoms with Crippen LogP contribution >= 0.6 is 11.6 Å². The van der Waals surface area contributed by atoms with Crippen LogP contribution in [-0.4, -0.2) is 28.8 Å². The van der Waals surface area contributed by atoms with Crippen LogP contribution in [0.25, 0.3) is 10.9 Å². The molecule has 0 spiro atoms. The molecule has 0 unspecified atom stereocenters. The van der Waals surface area contributed by atoms with Gasteiger partial charge in [-0.05, 0) is 17.7 Å². The van der Waals surface area contributed by atoms with Gasteiger partial charge in [-0.1, -0.05) is 17.7 Å². The van der Waals surface area contributed by atoms with Gasteiger partial charge in [-0.3, -0.25) is 0 Å².